The lowest BCUT2D eigenvalue weighted by molar-refractivity contribution is 0.0442. The average molecular weight is 510 g/mol. The highest BCUT2D eigenvalue weighted by Crippen LogP contribution is 2.14. The largest absolute Gasteiger partial charge is 0.379 e. The summed E-state index contributed by atoms with van der Waals surface area (Å²) in [5.74, 6) is 6.07. The van der Waals surface area contributed by atoms with Crippen molar-refractivity contribution in [2.45, 2.75) is 84.5 Å². The zero-order valence-corrected chi connectivity index (χ0v) is 22.1. The summed E-state index contributed by atoms with van der Waals surface area (Å²) in [6.45, 7) is 11.2. The Bertz CT molecular complexity index is 1120. The van der Waals surface area contributed by atoms with E-state index in [4.69, 9.17) is 4.74 Å². The molecule has 1 atom stereocenters. The number of hydrogen-bond acceptors (Lipinski definition) is 6. The van der Waals surface area contributed by atoms with Crippen LogP contribution in [0, 0.1) is 11.8 Å². The van der Waals surface area contributed by atoms with Gasteiger partial charge < -0.3 is 14.4 Å². The number of unbranched alkanes of at least 4 members (excludes halogenated alkanes) is 2. The van der Waals surface area contributed by atoms with Crippen molar-refractivity contribution in [3.05, 3.63) is 27.2 Å². The molecule has 1 unspecified atom stereocenters. The van der Waals surface area contributed by atoms with E-state index in [9.17, 15) is 14.7 Å². The van der Waals surface area contributed by atoms with E-state index < -0.39 is 5.60 Å². The van der Waals surface area contributed by atoms with Gasteiger partial charge in [0.05, 0.1) is 26.1 Å². The molecule has 1 fully saturated rings. The van der Waals surface area contributed by atoms with Crippen molar-refractivity contribution >= 4 is 23.6 Å². The van der Waals surface area contributed by atoms with Crippen molar-refractivity contribution in [1.82, 2.24) is 23.6 Å². The predicted octanol–water partition coefficient (Wildman–Crippen LogP) is 2.25. The van der Waals surface area contributed by atoms with Crippen LogP contribution in [0.2, 0.25) is 0 Å². The Morgan fingerprint density at radius 3 is 2.46 bits per heavy atom. The average Bonchev–Trinajstić information content (AvgIpc) is 3.23. The maximum atomic E-state index is 13.2. The summed E-state index contributed by atoms with van der Waals surface area (Å²) in [7, 11) is 0. The third kappa shape index (κ3) is 7.68. The number of aliphatic hydroxyl groups is 1. The van der Waals surface area contributed by atoms with Crippen LogP contribution in [0.25, 0.3) is 11.2 Å². The molecule has 0 amide bonds. The smallest absolute Gasteiger partial charge is 0.332 e. The van der Waals surface area contributed by atoms with Gasteiger partial charge in [0, 0.05) is 32.7 Å². The van der Waals surface area contributed by atoms with Gasteiger partial charge in [-0.25, -0.2) is 9.78 Å². The van der Waals surface area contributed by atoms with E-state index in [-0.39, 0.29) is 23.7 Å². The van der Waals surface area contributed by atoms with Crippen molar-refractivity contribution in [1.29, 1.82) is 0 Å². The second kappa shape index (κ2) is 13.8. The molecule has 1 saturated heterocycles. The number of aromatic nitrogens is 4. The molecule has 35 heavy (non-hydrogen) atoms. The van der Waals surface area contributed by atoms with Gasteiger partial charge in [-0.1, -0.05) is 32.1 Å². The van der Waals surface area contributed by atoms with E-state index in [1.807, 2.05) is 11.5 Å². The predicted molar refractivity (Wildman–Crippen MR) is 140 cm³/mol. The van der Waals surface area contributed by atoms with Crippen molar-refractivity contribution in [3.8, 4) is 11.8 Å². The molecule has 1 aliphatic heterocycles. The first kappa shape index (κ1) is 29.1. The Kier molecular flexibility index (Phi) is 11.5. The summed E-state index contributed by atoms with van der Waals surface area (Å²) in [5.41, 5.74) is -0.701. The van der Waals surface area contributed by atoms with E-state index in [1.165, 1.54) is 4.57 Å². The highest BCUT2D eigenvalue weighted by molar-refractivity contribution is 5.85. The lowest BCUT2D eigenvalue weighted by Gasteiger charge is -2.24. The fourth-order valence-electron chi connectivity index (χ4n) is 4.27. The summed E-state index contributed by atoms with van der Waals surface area (Å²) in [4.78, 5) is 33.0. The highest BCUT2D eigenvalue weighted by Gasteiger charge is 2.19. The SMILES string of the molecule is CCCCn1c(=O)n(CCCCC(C)(O)C#CCN2CCOCC2)c(=O)c2c1ncn2CCC.Cl. The molecule has 0 spiro atoms. The minimum Gasteiger partial charge on any atom is -0.379 e. The van der Waals surface area contributed by atoms with Gasteiger partial charge in [-0.2, -0.15) is 0 Å². The third-order valence-electron chi connectivity index (χ3n) is 6.24. The van der Waals surface area contributed by atoms with Gasteiger partial charge in [-0.15, -0.1) is 12.4 Å². The van der Waals surface area contributed by atoms with E-state index >= 15 is 0 Å². The molecule has 1 aliphatic rings. The van der Waals surface area contributed by atoms with Gasteiger partial charge in [-0.05, 0) is 39.0 Å². The van der Waals surface area contributed by atoms with Gasteiger partial charge in [0.2, 0.25) is 0 Å². The van der Waals surface area contributed by atoms with E-state index in [0.717, 1.165) is 45.6 Å². The van der Waals surface area contributed by atoms with Crippen molar-refractivity contribution < 1.29 is 9.84 Å². The van der Waals surface area contributed by atoms with Crippen LogP contribution in [0.15, 0.2) is 15.9 Å². The molecule has 2 aromatic rings. The number of hydrogen-bond donors (Lipinski definition) is 1. The Morgan fingerprint density at radius 2 is 1.77 bits per heavy atom. The topological polar surface area (TPSA) is 94.5 Å². The third-order valence-corrected chi connectivity index (χ3v) is 6.24. The molecule has 3 heterocycles. The molecule has 10 heteroatoms. The number of aryl methyl sites for hydroxylation is 2. The molecule has 3 rings (SSSR count). The summed E-state index contributed by atoms with van der Waals surface area (Å²) in [6.07, 6.45) is 6.08. The van der Waals surface area contributed by atoms with Crippen LogP contribution in [0.1, 0.15) is 59.3 Å². The fraction of sp³-hybridized carbons (Fsp3) is 0.720. The number of halogens is 1. The van der Waals surface area contributed by atoms with Crippen LogP contribution < -0.4 is 11.2 Å². The number of rotatable bonds is 11. The lowest BCUT2D eigenvalue weighted by Crippen LogP contribution is -2.40. The molecule has 0 saturated carbocycles. The molecule has 0 radical (unpaired) electrons. The standard InChI is InChI=1S/C25H39N5O4.ClH/c1-4-6-14-29-22-21(28(12-5-2)20-26-22)23(31)30(24(29)32)15-8-7-10-25(3,33)11-9-13-27-16-18-34-19-17-27;/h20,33H,4-8,10,12-19H2,1-3H3;1H. The summed E-state index contributed by atoms with van der Waals surface area (Å²) in [5, 5.41) is 10.6. The van der Waals surface area contributed by atoms with Gasteiger partial charge in [0.1, 0.15) is 5.60 Å². The van der Waals surface area contributed by atoms with Crippen LogP contribution in [0.3, 0.4) is 0 Å². The van der Waals surface area contributed by atoms with Crippen LogP contribution in [0.5, 0.6) is 0 Å². The monoisotopic (exact) mass is 509 g/mol. The molecule has 2 aromatic heterocycles. The molecule has 0 aliphatic carbocycles. The second-order valence-electron chi connectivity index (χ2n) is 9.28. The normalized spacial score (nSPS) is 15.9. The molecular formula is C25H40ClN5O4. The first-order valence-corrected chi connectivity index (χ1v) is 12.6. The van der Waals surface area contributed by atoms with Crippen LogP contribution in [0.4, 0.5) is 0 Å². The van der Waals surface area contributed by atoms with E-state index in [1.54, 1.807) is 17.8 Å². The zero-order valence-electron chi connectivity index (χ0n) is 21.3. The summed E-state index contributed by atoms with van der Waals surface area (Å²) in [6, 6.07) is 0. The Balaban J connectivity index is 0.00000432. The van der Waals surface area contributed by atoms with Crippen molar-refractivity contribution in [2.24, 2.45) is 0 Å². The Morgan fingerprint density at radius 1 is 1.06 bits per heavy atom. The summed E-state index contributed by atoms with van der Waals surface area (Å²) < 4.78 is 10.2. The van der Waals surface area contributed by atoms with Crippen LogP contribution in [-0.2, 0) is 24.4 Å². The maximum Gasteiger partial charge on any atom is 0.332 e. The van der Waals surface area contributed by atoms with Crippen molar-refractivity contribution in [2.75, 3.05) is 32.8 Å². The summed E-state index contributed by atoms with van der Waals surface area (Å²) >= 11 is 0. The van der Waals surface area contributed by atoms with Gasteiger partial charge in [0.15, 0.2) is 11.2 Å². The van der Waals surface area contributed by atoms with Crippen LogP contribution >= 0.6 is 12.4 Å². The number of fused-ring (bicyclic) bond motifs is 1. The number of nitrogens with zero attached hydrogens (tertiary/aromatic N) is 5. The van der Waals surface area contributed by atoms with Crippen LogP contribution in [-0.4, -0.2) is 67.1 Å². The molecule has 1 N–H and O–H groups in total. The van der Waals surface area contributed by atoms with Crippen molar-refractivity contribution in [3.63, 3.8) is 0 Å². The fourth-order valence-corrected chi connectivity index (χ4v) is 4.27. The number of morpholine rings is 1. The minimum atomic E-state index is -1.09. The highest BCUT2D eigenvalue weighted by atomic mass is 35.5. The quantitative estimate of drug-likeness (QED) is 0.369. The second-order valence-corrected chi connectivity index (χ2v) is 9.28. The molecule has 0 bridgehead atoms. The first-order valence-electron chi connectivity index (χ1n) is 12.6. The van der Waals surface area contributed by atoms with Gasteiger partial charge in [-0.3, -0.25) is 18.8 Å². The first-order chi connectivity index (χ1) is 16.4. The number of imidazole rings is 1. The van der Waals surface area contributed by atoms with E-state index in [0.29, 0.717) is 56.6 Å². The molecule has 196 valence electrons. The minimum absolute atomic E-state index is 0. The molecular weight excluding hydrogens is 470 g/mol. The van der Waals surface area contributed by atoms with Gasteiger partial charge >= 0.3 is 5.69 Å². The number of ether oxygens (including phenoxy) is 1. The zero-order chi connectivity index (χ0) is 24.6. The molecule has 9 nitrogen and oxygen atoms in total. The maximum absolute atomic E-state index is 13.2. The lowest BCUT2D eigenvalue weighted by atomic mass is 9.99. The van der Waals surface area contributed by atoms with E-state index in [2.05, 4.69) is 28.6 Å². The molecule has 0 aromatic carbocycles. The Labute approximate surface area is 213 Å². The van der Waals surface area contributed by atoms with Gasteiger partial charge in [0.25, 0.3) is 5.56 Å². The Hall–Kier alpha value is -2.12.